The summed E-state index contributed by atoms with van der Waals surface area (Å²) in [6.07, 6.45) is 9.87. The van der Waals surface area contributed by atoms with E-state index in [2.05, 4.69) is 37.5 Å². The molecular weight excluding hydrogens is 340 g/mol. The summed E-state index contributed by atoms with van der Waals surface area (Å²) in [4.78, 5) is 27.5. The second kappa shape index (κ2) is 9.41. The molecule has 1 aliphatic rings. The van der Waals surface area contributed by atoms with Crippen molar-refractivity contribution in [1.82, 2.24) is 25.2 Å². The van der Waals surface area contributed by atoms with Crippen LogP contribution >= 0.6 is 0 Å². The third-order valence-electron chi connectivity index (χ3n) is 5.00. The quantitative estimate of drug-likeness (QED) is 0.781. The van der Waals surface area contributed by atoms with Gasteiger partial charge in [-0.15, -0.1) is 0 Å². The second-order valence-electron chi connectivity index (χ2n) is 7.11. The van der Waals surface area contributed by atoms with Crippen molar-refractivity contribution in [3.63, 3.8) is 0 Å². The van der Waals surface area contributed by atoms with Gasteiger partial charge in [0.2, 0.25) is 0 Å². The largest absolute Gasteiger partial charge is 0.364 e. The van der Waals surface area contributed by atoms with Crippen LogP contribution < -0.4 is 10.6 Å². The zero-order valence-electron chi connectivity index (χ0n) is 16.1. The van der Waals surface area contributed by atoms with E-state index in [-0.39, 0.29) is 5.91 Å². The van der Waals surface area contributed by atoms with Gasteiger partial charge in [-0.25, -0.2) is 4.98 Å². The number of likely N-dealkylation sites (tertiary alicyclic amines) is 1. The highest BCUT2D eigenvalue weighted by Crippen LogP contribution is 2.17. The fraction of sp³-hybridized carbons (Fsp3) is 0.500. The van der Waals surface area contributed by atoms with Gasteiger partial charge in [-0.3, -0.25) is 14.8 Å². The van der Waals surface area contributed by atoms with E-state index < -0.39 is 0 Å². The van der Waals surface area contributed by atoms with Gasteiger partial charge in [-0.1, -0.05) is 6.42 Å². The molecule has 0 bridgehead atoms. The monoisotopic (exact) mass is 368 g/mol. The summed E-state index contributed by atoms with van der Waals surface area (Å²) in [7, 11) is 2.17. The Kier molecular flexibility index (Phi) is 6.70. The molecule has 1 saturated heterocycles. The Morgan fingerprint density at radius 3 is 2.78 bits per heavy atom. The minimum Gasteiger partial charge on any atom is -0.364 e. The molecular formula is C20H28N6O. The molecule has 0 aliphatic carbocycles. The summed E-state index contributed by atoms with van der Waals surface area (Å²) in [5.41, 5.74) is 2.31. The van der Waals surface area contributed by atoms with Gasteiger partial charge in [0.15, 0.2) is 0 Å². The zero-order valence-corrected chi connectivity index (χ0v) is 16.1. The van der Waals surface area contributed by atoms with Crippen LogP contribution in [0.25, 0.3) is 0 Å². The number of aryl methyl sites for hydroxylation is 1. The van der Waals surface area contributed by atoms with Crippen molar-refractivity contribution in [2.75, 3.05) is 25.5 Å². The first-order valence-corrected chi connectivity index (χ1v) is 9.58. The first-order chi connectivity index (χ1) is 13.1. The SMILES string of the molecule is Cc1cnc(CNc2ccc(C(=O)NCC[C@@H]3CCCCN3C)cn2)cn1. The van der Waals surface area contributed by atoms with Crippen molar-refractivity contribution in [3.05, 3.63) is 47.7 Å². The lowest BCUT2D eigenvalue weighted by Gasteiger charge is -2.32. The summed E-state index contributed by atoms with van der Waals surface area (Å²) in [6.45, 7) is 4.30. The molecule has 27 heavy (non-hydrogen) atoms. The molecule has 0 spiro atoms. The smallest absolute Gasteiger partial charge is 0.252 e. The van der Waals surface area contributed by atoms with E-state index in [0.29, 0.717) is 30.5 Å². The number of aromatic nitrogens is 3. The standard InChI is InChI=1S/C20H28N6O/c1-15-11-23-17(13-22-15)14-25-19-7-6-16(12-24-19)20(27)21-9-8-18-5-3-4-10-26(18)2/h6-7,11-13,18H,3-5,8-10,14H2,1-2H3,(H,21,27)(H,24,25)/t18-/m0/s1. The van der Waals surface area contributed by atoms with Crippen LogP contribution in [0.3, 0.4) is 0 Å². The topological polar surface area (TPSA) is 83.0 Å². The molecule has 7 nitrogen and oxygen atoms in total. The Labute approximate surface area is 160 Å². The minimum atomic E-state index is -0.0723. The zero-order chi connectivity index (χ0) is 19.1. The maximum Gasteiger partial charge on any atom is 0.252 e. The molecule has 0 saturated carbocycles. The van der Waals surface area contributed by atoms with Crippen LogP contribution in [0.5, 0.6) is 0 Å². The van der Waals surface area contributed by atoms with Gasteiger partial charge in [0.05, 0.1) is 29.7 Å². The fourth-order valence-electron chi connectivity index (χ4n) is 3.29. The van der Waals surface area contributed by atoms with Crippen LogP contribution in [0.15, 0.2) is 30.7 Å². The Bertz CT molecular complexity index is 731. The molecule has 144 valence electrons. The molecule has 3 rings (SSSR count). The van der Waals surface area contributed by atoms with E-state index >= 15 is 0 Å². The summed E-state index contributed by atoms with van der Waals surface area (Å²) < 4.78 is 0. The molecule has 2 aromatic rings. The summed E-state index contributed by atoms with van der Waals surface area (Å²) in [5, 5.41) is 6.19. The average Bonchev–Trinajstić information content (AvgIpc) is 2.69. The molecule has 1 fully saturated rings. The van der Waals surface area contributed by atoms with E-state index in [1.54, 1.807) is 24.7 Å². The number of rotatable bonds is 7. The third-order valence-corrected chi connectivity index (χ3v) is 5.00. The molecule has 0 unspecified atom stereocenters. The Morgan fingerprint density at radius 1 is 1.19 bits per heavy atom. The van der Waals surface area contributed by atoms with Crippen LogP contribution in [0.4, 0.5) is 5.82 Å². The van der Waals surface area contributed by atoms with Gasteiger partial charge in [0, 0.05) is 25.0 Å². The van der Waals surface area contributed by atoms with Crippen molar-refractivity contribution in [2.24, 2.45) is 0 Å². The first kappa shape index (κ1) is 19.2. The van der Waals surface area contributed by atoms with Gasteiger partial charge < -0.3 is 15.5 Å². The summed E-state index contributed by atoms with van der Waals surface area (Å²) in [6, 6.07) is 4.18. The Balaban J connectivity index is 1.43. The Hall–Kier alpha value is -2.54. The number of amides is 1. The Morgan fingerprint density at radius 2 is 2.07 bits per heavy atom. The number of carbonyl (C=O) groups is 1. The molecule has 0 aromatic carbocycles. The van der Waals surface area contributed by atoms with E-state index in [1.807, 2.05) is 13.0 Å². The van der Waals surface area contributed by atoms with Gasteiger partial charge in [0.1, 0.15) is 5.82 Å². The molecule has 1 atom stereocenters. The number of carbonyl (C=O) groups excluding carboxylic acids is 1. The van der Waals surface area contributed by atoms with Crippen LogP contribution in [-0.4, -0.2) is 51.9 Å². The molecule has 2 N–H and O–H groups in total. The number of piperidine rings is 1. The number of anilines is 1. The highest BCUT2D eigenvalue weighted by Gasteiger charge is 2.18. The number of hydrogen-bond donors (Lipinski definition) is 2. The minimum absolute atomic E-state index is 0.0723. The molecule has 7 heteroatoms. The van der Waals surface area contributed by atoms with Gasteiger partial charge in [-0.2, -0.15) is 0 Å². The number of nitrogens with one attached hydrogen (secondary N) is 2. The van der Waals surface area contributed by atoms with Crippen molar-refractivity contribution in [1.29, 1.82) is 0 Å². The number of hydrogen-bond acceptors (Lipinski definition) is 6. The summed E-state index contributed by atoms with van der Waals surface area (Å²) in [5.74, 6) is 0.634. The van der Waals surface area contributed by atoms with E-state index in [4.69, 9.17) is 0 Å². The molecule has 1 aliphatic heterocycles. The second-order valence-corrected chi connectivity index (χ2v) is 7.11. The lowest BCUT2D eigenvalue weighted by atomic mass is 10.0. The maximum absolute atomic E-state index is 12.3. The summed E-state index contributed by atoms with van der Waals surface area (Å²) >= 11 is 0. The molecule has 3 heterocycles. The van der Waals surface area contributed by atoms with Gasteiger partial charge in [-0.05, 0) is 51.9 Å². The normalized spacial score (nSPS) is 17.5. The van der Waals surface area contributed by atoms with Crippen molar-refractivity contribution < 1.29 is 4.79 Å². The van der Waals surface area contributed by atoms with E-state index in [9.17, 15) is 4.79 Å². The molecule has 1 amide bonds. The van der Waals surface area contributed by atoms with Gasteiger partial charge in [0.25, 0.3) is 5.91 Å². The third kappa shape index (κ3) is 5.72. The predicted octanol–water partition coefficient (Wildman–Crippen LogP) is 2.40. The maximum atomic E-state index is 12.3. The molecule has 0 radical (unpaired) electrons. The van der Waals surface area contributed by atoms with Crippen LogP contribution in [0.2, 0.25) is 0 Å². The van der Waals surface area contributed by atoms with Crippen molar-refractivity contribution >= 4 is 11.7 Å². The van der Waals surface area contributed by atoms with Crippen molar-refractivity contribution in [2.45, 2.75) is 45.2 Å². The number of pyridine rings is 1. The lowest BCUT2D eigenvalue weighted by molar-refractivity contribution is 0.0945. The fourth-order valence-corrected chi connectivity index (χ4v) is 3.29. The van der Waals surface area contributed by atoms with E-state index in [0.717, 1.165) is 24.4 Å². The van der Waals surface area contributed by atoms with Crippen LogP contribution in [0, 0.1) is 6.92 Å². The number of nitrogens with zero attached hydrogens (tertiary/aromatic N) is 4. The van der Waals surface area contributed by atoms with Crippen LogP contribution in [0.1, 0.15) is 47.4 Å². The highest BCUT2D eigenvalue weighted by molar-refractivity contribution is 5.94. The van der Waals surface area contributed by atoms with Gasteiger partial charge >= 0.3 is 0 Å². The lowest BCUT2D eigenvalue weighted by Crippen LogP contribution is -2.39. The van der Waals surface area contributed by atoms with E-state index in [1.165, 1.54) is 19.3 Å². The van der Waals surface area contributed by atoms with Crippen LogP contribution in [-0.2, 0) is 6.54 Å². The first-order valence-electron chi connectivity index (χ1n) is 9.58. The van der Waals surface area contributed by atoms with Crippen molar-refractivity contribution in [3.8, 4) is 0 Å². The molecule has 2 aromatic heterocycles. The average molecular weight is 368 g/mol. The highest BCUT2D eigenvalue weighted by atomic mass is 16.1. The predicted molar refractivity (Wildman–Crippen MR) is 106 cm³/mol.